The van der Waals surface area contributed by atoms with Crippen molar-refractivity contribution in [3.8, 4) is 0 Å². The minimum absolute atomic E-state index is 0.270. The normalized spacial score (nSPS) is 19.6. The molecule has 108 valence electrons. The maximum Gasteiger partial charge on any atom is 0.169 e. The van der Waals surface area contributed by atoms with E-state index in [9.17, 15) is 4.39 Å². The number of hydrogen-bond donors (Lipinski definition) is 2. The highest BCUT2D eigenvalue weighted by molar-refractivity contribution is 5.78. The van der Waals surface area contributed by atoms with Crippen molar-refractivity contribution in [2.75, 3.05) is 7.11 Å². The lowest BCUT2D eigenvalue weighted by Crippen LogP contribution is -2.46. The van der Waals surface area contributed by atoms with E-state index in [1.165, 1.54) is 6.07 Å². The maximum atomic E-state index is 13.7. The van der Waals surface area contributed by atoms with Crippen LogP contribution in [0.2, 0.25) is 0 Å². The summed E-state index contributed by atoms with van der Waals surface area (Å²) in [4.78, 5) is 0. The molecule has 0 amide bonds. The molecule has 1 saturated carbocycles. The molecule has 1 atom stereocenters. The van der Waals surface area contributed by atoms with Gasteiger partial charge in [-0.15, -0.1) is 0 Å². The van der Waals surface area contributed by atoms with Gasteiger partial charge in [-0.2, -0.15) is 0 Å². The molecule has 20 heavy (non-hydrogen) atoms. The number of para-hydroxylation sites is 1. The molecular formula is C15H19FN2O2. The summed E-state index contributed by atoms with van der Waals surface area (Å²) in [6, 6.07) is 6.45. The quantitative estimate of drug-likeness (QED) is 0.666. The number of hydrogen-bond acceptors (Lipinski definition) is 4. The van der Waals surface area contributed by atoms with Crippen molar-refractivity contribution in [1.29, 1.82) is 0 Å². The van der Waals surface area contributed by atoms with Crippen LogP contribution in [0.5, 0.6) is 0 Å². The van der Waals surface area contributed by atoms with E-state index in [4.69, 9.17) is 15.0 Å². The van der Waals surface area contributed by atoms with E-state index in [1.54, 1.807) is 13.2 Å². The maximum absolute atomic E-state index is 13.7. The van der Waals surface area contributed by atoms with Crippen molar-refractivity contribution in [2.24, 2.45) is 5.84 Å². The molecule has 1 unspecified atom stereocenters. The number of ether oxygens (including phenoxy) is 1. The number of nitrogens with two attached hydrogens (primary N) is 1. The van der Waals surface area contributed by atoms with Gasteiger partial charge in [0.25, 0.3) is 0 Å². The van der Waals surface area contributed by atoms with E-state index in [1.807, 2.05) is 12.1 Å². The molecule has 4 nitrogen and oxygen atoms in total. The summed E-state index contributed by atoms with van der Waals surface area (Å²) in [5.74, 6) is 5.98. The first-order chi connectivity index (χ1) is 9.70. The molecule has 2 aromatic rings. The molecule has 0 bridgehead atoms. The van der Waals surface area contributed by atoms with E-state index >= 15 is 0 Å². The Morgan fingerprint density at radius 2 is 2.15 bits per heavy atom. The fraction of sp³-hybridized carbons (Fsp3) is 0.467. The van der Waals surface area contributed by atoms with E-state index in [0.29, 0.717) is 5.76 Å². The summed E-state index contributed by atoms with van der Waals surface area (Å²) in [5.41, 5.74) is 2.69. The topological polar surface area (TPSA) is 60.4 Å². The van der Waals surface area contributed by atoms with Gasteiger partial charge < -0.3 is 9.15 Å². The lowest BCUT2D eigenvalue weighted by Gasteiger charge is -2.34. The van der Waals surface area contributed by atoms with Crippen LogP contribution in [-0.4, -0.2) is 12.7 Å². The van der Waals surface area contributed by atoms with Crippen molar-refractivity contribution < 1.29 is 13.5 Å². The molecule has 1 fully saturated rings. The summed E-state index contributed by atoms with van der Waals surface area (Å²) in [5, 5.41) is 0.740. The Kier molecular flexibility index (Phi) is 3.50. The van der Waals surface area contributed by atoms with Gasteiger partial charge in [-0.25, -0.2) is 9.82 Å². The molecule has 0 radical (unpaired) electrons. The summed E-state index contributed by atoms with van der Waals surface area (Å²) >= 11 is 0. The third kappa shape index (κ3) is 2.02. The molecule has 0 spiro atoms. The monoisotopic (exact) mass is 278 g/mol. The van der Waals surface area contributed by atoms with E-state index < -0.39 is 0 Å². The number of rotatable bonds is 4. The zero-order valence-electron chi connectivity index (χ0n) is 11.5. The number of hydrazine groups is 1. The summed E-state index contributed by atoms with van der Waals surface area (Å²) in [7, 11) is 1.69. The zero-order valence-corrected chi connectivity index (χ0v) is 11.5. The minimum Gasteiger partial charge on any atom is -0.456 e. The average Bonchev–Trinajstić information content (AvgIpc) is 3.08. The molecule has 3 N–H and O–H groups in total. The second-order valence-electron chi connectivity index (χ2n) is 5.38. The van der Waals surface area contributed by atoms with Gasteiger partial charge in [0.1, 0.15) is 11.8 Å². The number of furan rings is 1. The minimum atomic E-state index is -0.376. The summed E-state index contributed by atoms with van der Waals surface area (Å²) in [6.45, 7) is 0. The van der Waals surface area contributed by atoms with Crippen LogP contribution in [-0.2, 0) is 4.74 Å². The lowest BCUT2D eigenvalue weighted by atomic mass is 9.90. The van der Waals surface area contributed by atoms with Gasteiger partial charge in [0.05, 0.1) is 5.60 Å². The lowest BCUT2D eigenvalue weighted by molar-refractivity contribution is -0.0418. The van der Waals surface area contributed by atoms with Gasteiger partial charge in [0, 0.05) is 12.5 Å². The Labute approximate surface area is 117 Å². The van der Waals surface area contributed by atoms with Crippen molar-refractivity contribution in [2.45, 2.75) is 37.3 Å². The summed E-state index contributed by atoms with van der Waals surface area (Å²) in [6.07, 6.45) is 4.02. The van der Waals surface area contributed by atoms with E-state index in [0.717, 1.165) is 31.1 Å². The average molecular weight is 278 g/mol. The second kappa shape index (κ2) is 5.16. The fourth-order valence-corrected chi connectivity index (χ4v) is 3.27. The van der Waals surface area contributed by atoms with Crippen LogP contribution >= 0.6 is 0 Å². The first kappa shape index (κ1) is 13.5. The molecular weight excluding hydrogens is 259 g/mol. The molecule has 1 aliphatic carbocycles. The largest absolute Gasteiger partial charge is 0.456 e. The Balaban J connectivity index is 2.05. The van der Waals surface area contributed by atoms with Crippen LogP contribution in [0.15, 0.2) is 28.7 Å². The molecule has 5 heteroatoms. The Bertz CT molecular complexity index is 605. The number of methoxy groups -OCH3 is 1. The third-order valence-electron chi connectivity index (χ3n) is 4.35. The SMILES string of the molecule is COC1(C(NN)c2cc3cccc(F)c3o2)CCCC1. The third-order valence-corrected chi connectivity index (χ3v) is 4.35. The van der Waals surface area contributed by atoms with Crippen molar-refractivity contribution >= 4 is 11.0 Å². The van der Waals surface area contributed by atoms with E-state index in [-0.39, 0.29) is 23.0 Å². The number of halogens is 1. The zero-order chi connectivity index (χ0) is 14.2. The summed E-state index contributed by atoms with van der Waals surface area (Å²) < 4.78 is 25.2. The molecule has 0 saturated heterocycles. The Morgan fingerprint density at radius 3 is 2.75 bits per heavy atom. The molecule has 3 rings (SSSR count). The van der Waals surface area contributed by atoms with Crippen LogP contribution in [0.25, 0.3) is 11.0 Å². The first-order valence-electron chi connectivity index (χ1n) is 6.89. The van der Waals surface area contributed by atoms with Crippen LogP contribution in [0.1, 0.15) is 37.5 Å². The molecule has 0 aliphatic heterocycles. The fourth-order valence-electron chi connectivity index (χ4n) is 3.27. The predicted molar refractivity (Wildman–Crippen MR) is 74.4 cm³/mol. The first-order valence-corrected chi connectivity index (χ1v) is 6.89. The van der Waals surface area contributed by atoms with Crippen LogP contribution in [0.4, 0.5) is 4.39 Å². The predicted octanol–water partition coefficient (Wildman–Crippen LogP) is 3.04. The van der Waals surface area contributed by atoms with Crippen LogP contribution in [0, 0.1) is 5.82 Å². The van der Waals surface area contributed by atoms with Gasteiger partial charge in [0.15, 0.2) is 11.4 Å². The van der Waals surface area contributed by atoms with Gasteiger partial charge in [-0.1, -0.05) is 25.0 Å². The van der Waals surface area contributed by atoms with Crippen LogP contribution < -0.4 is 11.3 Å². The number of fused-ring (bicyclic) bond motifs is 1. The van der Waals surface area contributed by atoms with Gasteiger partial charge in [-0.05, 0) is 25.0 Å². The molecule has 1 aromatic carbocycles. The highest BCUT2D eigenvalue weighted by Gasteiger charge is 2.43. The van der Waals surface area contributed by atoms with Crippen molar-refractivity contribution in [3.63, 3.8) is 0 Å². The standard InChI is InChI=1S/C15H19FN2O2/c1-19-15(7-2-3-8-15)14(18-17)12-9-10-5-4-6-11(16)13(10)20-12/h4-6,9,14,18H,2-3,7-8,17H2,1H3. The van der Waals surface area contributed by atoms with Gasteiger partial charge in [0.2, 0.25) is 0 Å². The number of nitrogens with one attached hydrogen (secondary N) is 1. The highest BCUT2D eigenvalue weighted by atomic mass is 19.1. The van der Waals surface area contributed by atoms with Gasteiger partial charge >= 0.3 is 0 Å². The van der Waals surface area contributed by atoms with Crippen molar-refractivity contribution in [3.05, 3.63) is 35.8 Å². The highest BCUT2D eigenvalue weighted by Crippen LogP contribution is 2.43. The Hall–Kier alpha value is -1.43. The number of benzene rings is 1. The molecule has 1 heterocycles. The van der Waals surface area contributed by atoms with Crippen LogP contribution in [0.3, 0.4) is 0 Å². The van der Waals surface area contributed by atoms with Gasteiger partial charge in [-0.3, -0.25) is 5.84 Å². The van der Waals surface area contributed by atoms with E-state index in [2.05, 4.69) is 5.43 Å². The molecule has 1 aromatic heterocycles. The Morgan fingerprint density at radius 1 is 1.40 bits per heavy atom. The second-order valence-corrected chi connectivity index (χ2v) is 5.38. The van der Waals surface area contributed by atoms with Crippen molar-refractivity contribution in [1.82, 2.24) is 5.43 Å². The smallest absolute Gasteiger partial charge is 0.169 e. The molecule has 1 aliphatic rings.